The monoisotopic (exact) mass is 197 g/mol. The number of ketones is 1. The largest absolute Gasteiger partial charge is 0.379 e. The Morgan fingerprint density at radius 3 is 2.79 bits per heavy atom. The van der Waals surface area contributed by atoms with E-state index in [9.17, 15) is 4.79 Å². The quantitative estimate of drug-likeness (QED) is 0.623. The maximum atomic E-state index is 11.8. The van der Waals surface area contributed by atoms with Gasteiger partial charge in [0.05, 0.1) is 12.1 Å². The molecule has 2 aliphatic rings. The Balaban J connectivity index is 1.86. The second kappa shape index (κ2) is 4.41. The molecule has 0 bridgehead atoms. The van der Waals surface area contributed by atoms with Crippen molar-refractivity contribution in [2.45, 2.75) is 44.2 Å². The van der Waals surface area contributed by atoms with Gasteiger partial charge in [0.2, 0.25) is 0 Å². The molecule has 0 aromatic carbocycles. The van der Waals surface area contributed by atoms with Crippen molar-refractivity contribution < 1.29 is 9.53 Å². The summed E-state index contributed by atoms with van der Waals surface area (Å²) in [6.45, 7) is 1.90. The highest BCUT2D eigenvalue weighted by molar-refractivity contribution is 5.84. The van der Waals surface area contributed by atoms with Crippen molar-refractivity contribution >= 4 is 5.78 Å². The van der Waals surface area contributed by atoms with Crippen molar-refractivity contribution in [3.05, 3.63) is 0 Å². The van der Waals surface area contributed by atoms with Gasteiger partial charge in [0.25, 0.3) is 0 Å². The maximum absolute atomic E-state index is 11.8. The van der Waals surface area contributed by atoms with Crippen molar-refractivity contribution in [2.24, 2.45) is 0 Å². The number of ether oxygens (including phenoxy) is 1. The molecular formula is C11H19NO2. The SMILES string of the molecule is COC1CN(C2CCCCCC2=O)C1. The summed E-state index contributed by atoms with van der Waals surface area (Å²) >= 11 is 0. The van der Waals surface area contributed by atoms with Crippen molar-refractivity contribution in [1.29, 1.82) is 0 Å². The number of hydrogen-bond donors (Lipinski definition) is 0. The van der Waals surface area contributed by atoms with Crippen molar-refractivity contribution in [3.8, 4) is 0 Å². The first-order chi connectivity index (χ1) is 6.81. The van der Waals surface area contributed by atoms with Gasteiger partial charge in [-0.2, -0.15) is 0 Å². The molecule has 0 aromatic rings. The fourth-order valence-electron chi connectivity index (χ4n) is 2.40. The zero-order valence-electron chi connectivity index (χ0n) is 8.87. The van der Waals surface area contributed by atoms with Gasteiger partial charge in [-0.15, -0.1) is 0 Å². The standard InChI is InChI=1S/C11H19NO2/c1-14-9-7-12(8-9)10-5-3-2-4-6-11(10)13/h9-10H,2-8H2,1H3. The predicted molar refractivity (Wildman–Crippen MR) is 54.3 cm³/mol. The van der Waals surface area contributed by atoms with Gasteiger partial charge in [-0.1, -0.05) is 12.8 Å². The summed E-state index contributed by atoms with van der Waals surface area (Å²) in [5.41, 5.74) is 0. The Bertz CT molecular complexity index is 211. The third-order valence-corrected chi connectivity index (χ3v) is 3.42. The Hall–Kier alpha value is -0.410. The normalized spacial score (nSPS) is 31.2. The van der Waals surface area contributed by atoms with E-state index >= 15 is 0 Å². The number of nitrogens with zero attached hydrogens (tertiary/aromatic N) is 1. The number of likely N-dealkylation sites (tertiary alicyclic amines) is 1. The number of methoxy groups -OCH3 is 1. The Morgan fingerprint density at radius 1 is 1.29 bits per heavy atom. The summed E-state index contributed by atoms with van der Waals surface area (Å²) < 4.78 is 5.22. The van der Waals surface area contributed by atoms with Crippen LogP contribution in [0.5, 0.6) is 0 Å². The summed E-state index contributed by atoms with van der Waals surface area (Å²) in [7, 11) is 1.75. The van der Waals surface area contributed by atoms with Crippen molar-refractivity contribution in [3.63, 3.8) is 0 Å². The van der Waals surface area contributed by atoms with Gasteiger partial charge in [-0.25, -0.2) is 0 Å². The Kier molecular flexibility index (Phi) is 3.19. The highest BCUT2D eigenvalue weighted by Crippen LogP contribution is 2.24. The van der Waals surface area contributed by atoms with Gasteiger partial charge in [0.1, 0.15) is 5.78 Å². The van der Waals surface area contributed by atoms with Crippen LogP contribution < -0.4 is 0 Å². The molecule has 1 atom stereocenters. The summed E-state index contributed by atoms with van der Waals surface area (Å²) in [6.07, 6.45) is 5.75. The lowest BCUT2D eigenvalue weighted by Gasteiger charge is -2.42. The maximum Gasteiger partial charge on any atom is 0.149 e. The zero-order valence-corrected chi connectivity index (χ0v) is 8.87. The molecule has 2 rings (SSSR count). The van der Waals surface area contributed by atoms with Gasteiger partial charge in [0, 0.05) is 26.6 Å². The molecule has 1 heterocycles. The molecule has 3 nitrogen and oxygen atoms in total. The lowest BCUT2D eigenvalue weighted by molar-refractivity contribution is -0.130. The predicted octanol–water partition coefficient (Wildman–Crippen LogP) is 1.22. The smallest absolute Gasteiger partial charge is 0.149 e. The molecule has 0 spiro atoms. The zero-order chi connectivity index (χ0) is 9.97. The van der Waals surface area contributed by atoms with Gasteiger partial charge >= 0.3 is 0 Å². The topological polar surface area (TPSA) is 29.5 Å². The molecule has 1 saturated heterocycles. The highest BCUT2D eigenvalue weighted by Gasteiger charge is 2.35. The third kappa shape index (κ3) is 1.98. The van der Waals surface area contributed by atoms with E-state index in [2.05, 4.69) is 4.90 Å². The molecule has 0 aromatic heterocycles. The molecule has 1 saturated carbocycles. The number of carbonyl (C=O) groups is 1. The molecule has 1 aliphatic heterocycles. The van der Waals surface area contributed by atoms with Crippen LogP contribution in [0.25, 0.3) is 0 Å². The molecule has 2 fully saturated rings. The first-order valence-corrected chi connectivity index (χ1v) is 5.61. The van der Waals surface area contributed by atoms with Gasteiger partial charge in [-0.05, 0) is 12.8 Å². The van der Waals surface area contributed by atoms with E-state index in [1.807, 2.05) is 0 Å². The van der Waals surface area contributed by atoms with Crippen LogP contribution in [0.2, 0.25) is 0 Å². The molecule has 14 heavy (non-hydrogen) atoms. The van der Waals surface area contributed by atoms with E-state index in [0.29, 0.717) is 11.9 Å². The summed E-state index contributed by atoms with van der Waals surface area (Å²) in [6, 6.07) is 0.212. The number of carbonyl (C=O) groups excluding carboxylic acids is 1. The van der Waals surface area contributed by atoms with E-state index < -0.39 is 0 Å². The molecule has 3 heteroatoms. The number of hydrogen-bond acceptors (Lipinski definition) is 3. The molecule has 1 aliphatic carbocycles. The number of rotatable bonds is 2. The van der Waals surface area contributed by atoms with Crippen LogP contribution in [0, 0.1) is 0 Å². The third-order valence-electron chi connectivity index (χ3n) is 3.42. The Labute approximate surface area is 85.4 Å². The summed E-state index contributed by atoms with van der Waals surface area (Å²) in [4.78, 5) is 14.0. The molecule has 0 amide bonds. The van der Waals surface area contributed by atoms with Crippen LogP contribution >= 0.6 is 0 Å². The molecular weight excluding hydrogens is 178 g/mol. The lowest BCUT2D eigenvalue weighted by atomic mass is 10.0. The average Bonchev–Trinajstić information content (AvgIpc) is 2.30. The van der Waals surface area contributed by atoms with Crippen molar-refractivity contribution in [2.75, 3.05) is 20.2 Å². The summed E-state index contributed by atoms with van der Waals surface area (Å²) in [5.74, 6) is 0.456. The highest BCUT2D eigenvalue weighted by atomic mass is 16.5. The van der Waals surface area contributed by atoms with Crippen molar-refractivity contribution in [1.82, 2.24) is 4.90 Å². The van der Waals surface area contributed by atoms with E-state index in [1.165, 1.54) is 12.8 Å². The van der Waals surface area contributed by atoms with Crippen LogP contribution in [0.1, 0.15) is 32.1 Å². The van der Waals surface area contributed by atoms with Gasteiger partial charge < -0.3 is 4.74 Å². The fourth-order valence-corrected chi connectivity index (χ4v) is 2.40. The molecule has 80 valence electrons. The summed E-state index contributed by atoms with van der Waals surface area (Å²) in [5, 5.41) is 0. The minimum Gasteiger partial charge on any atom is -0.379 e. The van der Waals surface area contributed by atoms with Crippen LogP contribution in [-0.2, 0) is 9.53 Å². The van der Waals surface area contributed by atoms with Gasteiger partial charge in [0.15, 0.2) is 0 Å². The van der Waals surface area contributed by atoms with Crippen LogP contribution in [0.3, 0.4) is 0 Å². The fraction of sp³-hybridized carbons (Fsp3) is 0.909. The second-order valence-electron chi connectivity index (χ2n) is 4.39. The Morgan fingerprint density at radius 2 is 2.07 bits per heavy atom. The molecule has 0 radical (unpaired) electrons. The van der Waals surface area contributed by atoms with Gasteiger partial charge in [-0.3, -0.25) is 9.69 Å². The average molecular weight is 197 g/mol. The first-order valence-electron chi connectivity index (χ1n) is 5.61. The minimum absolute atomic E-state index is 0.212. The molecule has 1 unspecified atom stereocenters. The van der Waals surface area contributed by atoms with E-state index in [0.717, 1.165) is 32.4 Å². The number of Topliss-reactive ketones (excluding diaryl/α,β-unsaturated/α-hetero) is 1. The van der Waals surface area contributed by atoms with Crippen LogP contribution in [-0.4, -0.2) is 43.0 Å². The first kappa shape index (κ1) is 10.1. The lowest BCUT2D eigenvalue weighted by Crippen LogP contribution is -2.58. The van der Waals surface area contributed by atoms with E-state index in [-0.39, 0.29) is 6.04 Å². The van der Waals surface area contributed by atoms with Crippen LogP contribution in [0.4, 0.5) is 0 Å². The van der Waals surface area contributed by atoms with Crippen LogP contribution in [0.15, 0.2) is 0 Å². The van der Waals surface area contributed by atoms with E-state index in [1.54, 1.807) is 7.11 Å². The van der Waals surface area contributed by atoms with E-state index in [4.69, 9.17) is 4.74 Å². The molecule has 0 N–H and O–H groups in total. The second-order valence-corrected chi connectivity index (χ2v) is 4.39. The minimum atomic E-state index is 0.212.